The maximum absolute atomic E-state index is 11.4. The lowest BCUT2D eigenvalue weighted by Crippen LogP contribution is -2.22. The van der Waals surface area contributed by atoms with Gasteiger partial charge in [0.15, 0.2) is 5.78 Å². The van der Waals surface area contributed by atoms with E-state index < -0.39 is 0 Å². The van der Waals surface area contributed by atoms with E-state index in [0.717, 1.165) is 18.9 Å². The average molecular weight is 206 g/mol. The Labute approximate surface area is 91.1 Å². The first-order valence-electron chi connectivity index (χ1n) is 5.47. The van der Waals surface area contributed by atoms with Crippen molar-refractivity contribution in [3.63, 3.8) is 0 Å². The molecule has 0 atom stereocenters. The quantitative estimate of drug-likeness (QED) is 0.694. The van der Waals surface area contributed by atoms with Crippen molar-refractivity contribution in [3.05, 3.63) is 23.9 Å². The first-order chi connectivity index (χ1) is 7.22. The highest BCUT2D eigenvalue weighted by Crippen LogP contribution is 2.11. The van der Waals surface area contributed by atoms with E-state index >= 15 is 0 Å². The first-order valence-corrected chi connectivity index (χ1v) is 5.47. The van der Waals surface area contributed by atoms with E-state index in [1.54, 1.807) is 6.20 Å². The van der Waals surface area contributed by atoms with E-state index in [0.29, 0.717) is 12.0 Å². The fraction of sp³-hybridized carbons (Fsp3) is 0.500. The molecule has 0 unspecified atom stereocenters. The van der Waals surface area contributed by atoms with Crippen LogP contribution in [0.3, 0.4) is 0 Å². The van der Waals surface area contributed by atoms with E-state index in [-0.39, 0.29) is 5.78 Å². The summed E-state index contributed by atoms with van der Waals surface area (Å²) in [4.78, 5) is 17.8. The van der Waals surface area contributed by atoms with Crippen LogP contribution in [0.1, 0.15) is 37.6 Å². The summed E-state index contributed by atoms with van der Waals surface area (Å²) in [6.07, 6.45) is 2.20. The van der Waals surface area contributed by atoms with Crippen molar-refractivity contribution in [1.29, 1.82) is 0 Å². The largest absolute Gasteiger partial charge is 0.357 e. The number of carbonyl (C=O) groups is 1. The van der Waals surface area contributed by atoms with Gasteiger partial charge in [0.25, 0.3) is 0 Å². The van der Waals surface area contributed by atoms with Gasteiger partial charge in [-0.2, -0.15) is 0 Å². The summed E-state index contributed by atoms with van der Waals surface area (Å²) >= 11 is 0. The Morgan fingerprint density at radius 2 is 1.93 bits per heavy atom. The van der Waals surface area contributed by atoms with Crippen molar-refractivity contribution >= 4 is 11.6 Å². The minimum Gasteiger partial charge on any atom is -0.357 e. The molecule has 0 saturated carbocycles. The van der Waals surface area contributed by atoms with Crippen LogP contribution >= 0.6 is 0 Å². The zero-order valence-electron chi connectivity index (χ0n) is 9.66. The van der Waals surface area contributed by atoms with E-state index in [4.69, 9.17) is 0 Å². The van der Waals surface area contributed by atoms with Crippen LogP contribution in [-0.2, 0) is 0 Å². The van der Waals surface area contributed by atoms with Gasteiger partial charge in [0.2, 0.25) is 0 Å². The van der Waals surface area contributed by atoms with Crippen molar-refractivity contribution < 1.29 is 4.79 Å². The summed E-state index contributed by atoms with van der Waals surface area (Å²) in [6, 6.07) is 3.77. The number of hydrogen-bond donors (Lipinski definition) is 0. The van der Waals surface area contributed by atoms with Gasteiger partial charge in [-0.25, -0.2) is 4.98 Å². The summed E-state index contributed by atoms with van der Waals surface area (Å²) < 4.78 is 0. The van der Waals surface area contributed by atoms with Gasteiger partial charge in [0, 0.05) is 31.3 Å². The minimum atomic E-state index is 0.147. The van der Waals surface area contributed by atoms with Crippen molar-refractivity contribution in [2.24, 2.45) is 0 Å². The molecule has 0 aliphatic heterocycles. The molecule has 0 aromatic carbocycles. The molecule has 0 bridgehead atoms. The summed E-state index contributed by atoms with van der Waals surface area (Å²) in [5.41, 5.74) is 0.702. The molecule has 0 N–H and O–H groups in total. The molecule has 0 aliphatic rings. The summed E-state index contributed by atoms with van der Waals surface area (Å²) in [5, 5.41) is 0. The molecule has 0 aliphatic carbocycles. The third-order valence-corrected chi connectivity index (χ3v) is 2.48. The zero-order valence-corrected chi connectivity index (χ0v) is 9.66. The number of carbonyl (C=O) groups excluding carboxylic acids is 1. The molecule has 1 aromatic rings. The third kappa shape index (κ3) is 2.78. The van der Waals surface area contributed by atoms with Crippen molar-refractivity contribution in [2.75, 3.05) is 18.0 Å². The van der Waals surface area contributed by atoms with Crippen molar-refractivity contribution in [1.82, 2.24) is 4.98 Å². The van der Waals surface area contributed by atoms with Crippen LogP contribution < -0.4 is 4.90 Å². The van der Waals surface area contributed by atoms with E-state index in [1.807, 2.05) is 19.1 Å². The maximum Gasteiger partial charge on any atom is 0.164 e. The summed E-state index contributed by atoms with van der Waals surface area (Å²) in [6.45, 7) is 7.92. The number of rotatable bonds is 5. The topological polar surface area (TPSA) is 33.2 Å². The second kappa shape index (κ2) is 5.49. The standard InChI is InChI=1S/C12H18N2O/c1-4-11(15)10-7-8-12(13-9-10)14(5-2)6-3/h7-9H,4-6H2,1-3H3. The highest BCUT2D eigenvalue weighted by atomic mass is 16.1. The molecule has 3 nitrogen and oxygen atoms in total. The molecule has 0 spiro atoms. The summed E-state index contributed by atoms with van der Waals surface area (Å²) in [5.74, 6) is 1.08. The van der Waals surface area contributed by atoms with Crippen molar-refractivity contribution in [3.8, 4) is 0 Å². The highest BCUT2D eigenvalue weighted by Gasteiger charge is 2.06. The van der Waals surface area contributed by atoms with Crippen molar-refractivity contribution in [2.45, 2.75) is 27.2 Å². The number of nitrogens with zero attached hydrogens (tertiary/aromatic N) is 2. The normalized spacial score (nSPS) is 10.1. The molecule has 0 saturated heterocycles. The first kappa shape index (κ1) is 11.7. The molecule has 82 valence electrons. The van der Waals surface area contributed by atoms with Crippen LogP contribution in [0.15, 0.2) is 18.3 Å². The molecule has 15 heavy (non-hydrogen) atoms. The fourth-order valence-electron chi connectivity index (χ4n) is 1.49. The molecule has 3 heteroatoms. The van der Waals surface area contributed by atoms with Crippen LogP contribution in [0.25, 0.3) is 0 Å². The van der Waals surface area contributed by atoms with Gasteiger partial charge in [-0.05, 0) is 26.0 Å². The Morgan fingerprint density at radius 1 is 1.27 bits per heavy atom. The molecule has 0 fully saturated rings. The highest BCUT2D eigenvalue weighted by molar-refractivity contribution is 5.95. The number of aromatic nitrogens is 1. The lowest BCUT2D eigenvalue weighted by molar-refractivity contribution is 0.0988. The molecule has 1 heterocycles. The van der Waals surface area contributed by atoms with Gasteiger partial charge in [-0.3, -0.25) is 4.79 Å². The van der Waals surface area contributed by atoms with Gasteiger partial charge in [0.05, 0.1) is 0 Å². The second-order valence-corrected chi connectivity index (χ2v) is 3.35. The Bertz CT molecular complexity index is 315. The molecule has 1 rings (SSSR count). The number of hydrogen-bond acceptors (Lipinski definition) is 3. The average Bonchev–Trinajstić information content (AvgIpc) is 2.30. The second-order valence-electron chi connectivity index (χ2n) is 3.35. The van der Waals surface area contributed by atoms with Gasteiger partial charge >= 0.3 is 0 Å². The van der Waals surface area contributed by atoms with E-state index in [1.165, 1.54) is 0 Å². The predicted molar refractivity (Wildman–Crippen MR) is 62.4 cm³/mol. The molecule has 0 radical (unpaired) electrons. The van der Waals surface area contributed by atoms with Crippen LogP contribution in [0.5, 0.6) is 0 Å². The van der Waals surface area contributed by atoms with Gasteiger partial charge < -0.3 is 4.90 Å². The van der Waals surface area contributed by atoms with Gasteiger partial charge in [-0.15, -0.1) is 0 Å². The lowest BCUT2D eigenvalue weighted by Gasteiger charge is -2.19. The van der Waals surface area contributed by atoms with Crippen LogP contribution in [0, 0.1) is 0 Å². The van der Waals surface area contributed by atoms with Crippen LogP contribution in [0.4, 0.5) is 5.82 Å². The monoisotopic (exact) mass is 206 g/mol. The number of pyridine rings is 1. The third-order valence-electron chi connectivity index (χ3n) is 2.48. The minimum absolute atomic E-state index is 0.147. The maximum atomic E-state index is 11.4. The summed E-state index contributed by atoms with van der Waals surface area (Å²) in [7, 11) is 0. The fourth-order valence-corrected chi connectivity index (χ4v) is 1.49. The Morgan fingerprint density at radius 3 is 2.33 bits per heavy atom. The smallest absolute Gasteiger partial charge is 0.164 e. The Hall–Kier alpha value is -1.38. The van der Waals surface area contributed by atoms with Crippen LogP contribution in [0.2, 0.25) is 0 Å². The molecule has 0 amide bonds. The van der Waals surface area contributed by atoms with E-state index in [2.05, 4.69) is 23.7 Å². The number of Topliss-reactive ketones (excluding diaryl/α,β-unsaturated/α-hetero) is 1. The number of ketones is 1. The Kier molecular flexibility index (Phi) is 4.28. The zero-order chi connectivity index (χ0) is 11.3. The van der Waals surface area contributed by atoms with E-state index in [9.17, 15) is 4.79 Å². The molecular formula is C12H18N2O. The van der Waals surface area contributed by atoms with Gasteiger partial charge in [-0.1, -0.05) is 6.92 Å². The molecule has 1 aromatic heterocycles. The Balaban J connectivity index is 2.84. The lowest BCUT2D eigenvalue weighted by atomic mass is 10.1. The SMILES string of the molecule is CCC(=O)c1ccc(N(CC)CC)nc1. The van der Waals surface area contributed by atoms with Gasteiger partial charge in [0.1, 0.15) is 5.82 Å². The predicted octanol–water partition coefficient (Wildman–Crippen LogP) is 2.52. The number of anilines is 1. The van der Waals surface area contributed by atoms with Crippen LogP contribution in [-0.4, -0.2) is 23.9 Å². The molecular weight excluding hydrogens is 188 g/mol.